The maximum atomic E-state index is 10.7. The first kappa shape index (κ1) is 14.3. The normalized spacial score (nSPS) is 10.9. The molecular weight excluding hydrogens is 328 g/mol. The van der Waals surface area contributed by atoms with Crippen molar-refractivity contribution in [2.45, 2.75) is 5.03 Å². The SMILES string of the molecule is O=C([O-])CSc1ncnc2scc(-c3ccc(Cl)cc3)c12. The molecule has 7 heteroatoms. The van der Waals surface area contributed by atoms with Gasteiger partial charge in [-0.2, -0.15) is 0 Å². The summed E-state index contributed by atoms with van der Waals surface area (Å²) in [5.74, 6) is -1.25. The summed E-state index contributed by atoms with van der Waals surface area (Å²) in [6.45, 7) is 0. The third-order valence-electron chi connectivity index (χ3n) is 2.82. The number of halogens is 1. The van der Waals surface area contributed by atoms with Crippen LogP contribution in [0.25, 0.3) is 21.3 Å². The summed E-state index contributed by atoms with van der Waals surface area (Å²) in [5, 5.41) is 14.8. The Kier molecular flexibility index (Phi) is 4.10. The van der Waals surface area contributed by atoms with Crippen LogP contribution in [-0.2, 0) is 4.79 Å². The van der Waals surface area contributed by atoms with Gasteiger partial charge in [-0.25, -0.2) is 9.97 Å². The summed E-state index contributed by atoms with van der Waals surface area (Å²) < 4.78 is 0. The maximum absolute atomic E-state index is 10.7. The van der Waals surface area contributed by atoms with E-state index in [1.54, 1.807) is 0 Å². The number of carbonyl (C=O) groups is 1. The molecule has 3 rings (SSSR count). The molecule has 4 nitrogen and oxygen atoms in total. The second-order valence-corrected chi connectivity index (χ2v) is 6.43. The van der Waals surface area contributed by atoms with Crippen molar-refractivity contribution < 1.29 is 9.90 Å². The van der Waals surface area contributed by atoms with E-state index in [1.807, 2.05) is 29.6 Å². The third-order valence-corrected chi connectivity index (χ3v) is 4.92. The minimum atomic E-state index is -1.12. The van der Waals surface area contributed by atoms with Gasteiger partial charge in [0.2, 0.25) is 0 Å². The number of aromatic nitrogens is 2. The lowest BCUT2D eigenvalue weighted by Crippen LogP contribution is -2.24. The molecule has 0 spiro atoms. The number of carbonyl (C=O) groups excluding carboxylic acids is 1. The fraction of sp³-hybridized carbons (Fsp3) is 0.0714. The van der Waals surface area contributed by atoms with Gasteiger partial charge in [0.05, 0.1) is 11.4 Å². The van der Waals surface area contributed by atoms with Gasteiger partial charge in [0.15, 0.2) is 0 Å². The van der Waals surface area contributed by atoms with Gasteiger partial charge in [-0.1, -0.05) is 35.5 Å². The van der Waals surface area contributed by atoms with Gasteiger partial charge >= 0.3 is 0 Å². The maximum Gasteiger partial charge on any atom is 0.128 e. The first-order valence-corrected chi connectivity index (χ1v) is 8.20. The summed E-state index contributed by atoms with van der Waals surface area (Å²) >= 11 is 8.55. The highest BCUT2D eigenvalue weighted by atomic mass is 35.5. The minimum Gasteiger partial charge on any atom is -0.549 e. The molecule has 21 heavy (non-hydrogen) atoms. The van der Waals surface area contributed by atoms with Crippen LogP contribution in [0.1, 0.15) is 0 Å². The summed E-state index contributed by atoms with van der Waals surface area (Å²) in [6, 6.07) is 7.48. The lowest BCUT2D eigenvalue weighted by molar-refractivity contribution is -0.301. The Morgan fingerprint density at radius 2 is 2.05 bits per heavy atom. The van der Waals surface area contributed by atoms with Crippen LogP contribution in [0.3, 0.4) is 0 Å². The summed E-state index contributed by atoms with van der Waals surface area (Å²) in [4.78, 5) is 19.9. The Morgan fingerprint density at radius 1 is 1.29 bits per heavy atom. The number of carboxylic acids is 1. The molecule has 0 aliphatic rings. The molecule has 0 aliphatic heterocycles. The molecule has 106 valence electrons. The molecule has 3 aromatic rings. The molecule has 0 unspecified atom stereocenters. The molecule has 0 fully saturated rings. The van der Waals surface area contributed by atoms with E-state index in [2.05, 4.69) is 9.97 Å². The van der Waals surface area contributed by atoms with E-state index in [1.165, 1.54) is 17.7 Å². The van der Waals surface area contributed by atoms with E-state index in [0.717, 1.165) is 33.1 Å². The molecule has 0 atom stereocenters. The summed E-state index contributed by atoms with van der Waals surface area (Å²) in [6.07, 6.45) is 1.45. The van der Waals surface area contributed by atoms with E-state index < -0.39 is 5.97 Å². The average molecular weight is 336 g/mol. The van der Waals surface area contributed by atoms with Gasteiger partial charge in [-0.3, -0.25) is 0 Å². The molecule has 2 heterocycles. The van der Waals surface area contributed by atoms with Gasteiger partial charge in [0.25, 0.3) is 0 Å². The highest BCUT2D eigenvalue weighted by Gasteiger charge is 2.13. The highest BCUT2D eigenvalue weighted by molar-refractivity contribution is 8.00. The van der Waals surface area contributed by atoms with Crippen LogP contribution in [0.5, 0.6) is 0 Å². The molecule has 0 bridgehead atoms. The lowest BCUT2D eigenvalue weighted by atomic mass is 10.1. The molecule has 0 radical (unpaired) electrons. The van der Waals surface area contributed by atoms with Crippen LogP contribution in [-0.4, -0.2) is 21.7 Å². The van der Waals surface area contributed by atoms with Crippen LogP contribution in [0.2, 0.25) is 5.02 Å². The van der Waals surface area contributed by atoms with Gasteiger partial charge in [-0.15, -0.1) is 11.3 Å². The van der Waals surface area contributed by atoms with Gasteiger partial charge in [-0.05, 0) is 17.7 Å². The molecule has 2 aromatic heterocycles. The van der Waals surface area contributed by atoms with Crippen molar-refractivity contribution in [3.05, 3.63) is 41.0 Å². The number of aliphatic carboxylic acids is 1. The number of rotatable bonds is 4. The van der Waals surface area contributed by atoms with Crippen molar-refractivity contribution in [1.29, 1.82) is 0 Å². The van der Waals surface area contributed by atoms with Crippen LogP contribution < -0.4 is 5.11 Å². The first-order chi connectivity index (χ1) is 10.1. The van der Waals surface area contributed by atoms with Gasteiger partial charge in [0, 0.05) is 21.7 Å². The minimum absolute atomic E-state index is 0.137. The standard InChI is InChI=1S/C14H9ClN2O2S2/c15-9-3-1-8(2-4-9)10-5-20-13-12(10)14(17-7-16-13)21-6-11(18)19/h1-5,7H,6H2,(H,18,19)/p-1. The van der Waals surface area contributed by atoms with Crippen molar-refractivity contribution in [2.75, 3.05) is 5.75 Å². The molecule has 0 saturated heterocycles. The number of hydrogen-bond acceptors (Lipinski definition) is 6. The molecular formula is C14H8ClN2O2S2-. The van der Waals surface area contributed by atoms with Crippen molar-refractivity contribution in [3.8, 4) is 11.1 Å². The molecule has 0 saturated carbocycles. The van der Waals surface area contributed by atoms with Crippen molar-refractivity contribution in [2.24, 2.45) is 0 Å². The number of fused-ring (bicyclic) bond motifs is 1. The predicted octanol–water partition coefficient (Wildman–Crippen LogP) is 2.85. The summed E-state index contributed by atoms with van der Waals surface area (Å²) in [7, 11) is 0. The number of nitrogens with zero attached hydrogens (tertiary/aromatic N) is 2. The number of benzene rings is 1. The second kappa shape index (κ2) is 6.01. The Balaban J connectivity index is 2.10. The third kappa shape index (κ3) is 3.02. The Morgan fingerprint density at radius 3 is 2.76 bits per heavy atom. The zero-order valence-corrected chi connectivity index (χ0v) is 13.0. The fourth-order valence-corrected chi connectivity index (χ4v) is 3.76. The zero-order chi connectivity index (χ0) is 14.8. The van der Waals surface area contributed by atoms with Crippen LogP contribution in [0, 0.1) is 0 Å². The zero-order valence-electron chi connectivity index (χ0n) is 10.6. The lowest BCUT2D eigenvalue weighted by Gasteiger charge is -2.05. The Labute approximate surface area is 133 Å². The van der Waals surface area contributed by atoms with E-state index in [4.69, 9.17) is 11.6 Å². The topological polar surface area (TPSA) is 65.9 Å². The van der Waals surface area contributed by atoms with Crippen LogP contribution >= 0.6 is 34.7 Å². The number of thiophene rings is 1. The largest absolute Gasteiger partial charge is 0.549 e. The molecule has 0 aliphatic carbocycles. The first-order valence-electron chi connectivity index (χ1n) is 5.96. The number of thioether (sulfide) groups is 1. The van der Waals surface area contributed by atoms with Gasteiger partial charge in [0.1, 0.15) is 16.2 Å². The number of hydrogen-bond donors (Lipinski definition) is 0. The Hall–Kier alpha value is -1.63. The Bertz CT molecular complexity index is 802. The van der Waals surface area contributed by atoms with E-state index in [-0.39, 0.29) is 5.75 Å². The van der Waals surface area contributed by atoms with E-state index >= 15 is 0 Å². The highest BCUT2D eigenvalue weighted by Crippen LogP contribution is 2.37. The van der Waals surface area contributed by atoms with Crippen LogP contribution in [0.15, 0.2) is 41.0 Å². The van der Waals surface area contributed by atoms with Crippen molar-refractivity contribution in [1.82, 2.24) is 9.97 Å². The predicted molar refractivity (Wildman–Crippen MR) is 83.6 cm³/mol. The molecule has 0 amide bonds. The average Bonchev–Trinajstić information content (AvgIpc) is 2.90. The number of carboxylic acid groups (broad SMARTS) is 1. The van der Waals surface area contributed by atoms with Crippen molar-refractivity contribution in [3.63, 3.8) is 0 Å². The quantitative estimate of drug-likeness (QED) is 0.542. The van der Waals surface area contributed by atoms with E-state index in [0.29, 0.717) is 10.0 Å². The monoisotopic (exact) mass is 335 g/mol. The van der Waals surface area contributed by atoms with Crippen LogP contribution in [0.4, 0.5) is 0 Å². The van der Waals surface area contributed by atoms with Gasteiger partial charge < -0.3 is 9.90 Å². The van der Waals surface area contributed by atoms with Crippen molar-refractivity contribution >= 4 is 50.9 Å². The molecule has 0 N–H and O–H groups in total. The second-order valence-electron chi connectivity index (χ2n) is 4.18. The van der Waals surface area contributed by atoms with E-state index in [9.17, 15) is 9.90 Å². The molecule has 1 aromatic carbocycles. The fourth-order valence-electron chi connectivity index (χ4n) is 1.93. The summed E-state index contributed by atoms with van der Waals surface area (Å²) in [5.41, 5.74) is 1.98. The smallest absolute Gasteiger partial charge is 0.128 e.